The number of carboxylic acids is 1. The summed E-state index contributed by atoms with van der Waals surface area (Å²) < 4.78 is 1.17. The van der Waals surface area contributed by atoms with Crippen LogP contribution < -0.4 is 5.32 Å². The fourth-order valence-electron chi connectivity index (χ4n) is 2.10. The molecule has 0 saturated carbocycles. The van der Waals surface area contributed by atoms with Crippen LogP contribution in [0.1, 0.15) is 35.4 Å². The van der Waals surface area contributed by atoms with Crippen LogP contribution in [0.3, 0.4) is 0 Å². The topological polar surface area (TPSA) is 109 Å². The largest absolute Gasteiger partial charge is 0.477 e. The minimum atomic E-state index is -1.11. The Labute approximate surface area is 127 Å². The molecule has 0 spiro atoms. The third kappa shape index (κ3) is 3.91. The molecule has 1 amide bonds. The average molecular weight is 303 g/mol. The van der Waals surface area contributed by atoms with E-state index in [9.17, 15) is 9.59 Å². The molecule has 1 aliphatic heterocycles. The van der Waals surface area contributed by atoms with Gasteiger partial charge < -0.3 is 10.4 Å². The van der Waals surface area contributed by atoms with Gasteiger partial charge in [-0.15, -0.1) is 12.3 Å². The van der Waals surface area contributed by atoms with Crippen molar-refractivity contribution in [3.05, 3.63) is 17.5 Å². The number of aromatic carboxylic acids is 1. The Balaban J connectivity index is 1.79. The van der Waals surface area contributed by atoms with E-state index in [-0.39, 0.29) is 18.1 Å². The Hall–Kier alpha value is -2.69. The fourth-order valence-corrected chi connectivity index (χ4v) is 2.10. The van der Waals surface area contributed by atoms with E-state index in [1.54, 1.807) is 6.92 Å². The van der Waals surface area contributed by atoms with Crippen molar-refractivity contribution in [1.29, 1.82) is 0 Å². The number of aromatic nitrogens is 2. The second kappa shape index (κ2) is 6.39. The zero-order valence-corrected chi connectivity index (χ0v) is 12.2. The van der Waals surface area contributed by atoms with Gasteiger partial charge in [0.25, 0.3) is 0 Å². The molecular formula is C14H17N5O3. The number of carboxylic acid groups (broad SMARTS) is 1. The summed E-state index contributed by atoms with van der Waals surface area (Å²) in [5.41, 5.74) is 0.105. The van der Waals surface area contributed by atoms with Crippen LogP contribution in [0.4, 0.5) is 0 Å². The highest BCUT2D eigenvalue weighted by molar-refractivity contribution is 5.86. The van der Waals surface area contributed by atoms with Gasteiger partial charge in [0.1, 0.15) is 12.2 Å². The SMILES string of the molecule is C#CCCC1(CCNC(=O)Cn2nc(C)cc2C(=O)O)N=N1. The molecule has 8 heteroatoms. The van der Waals surface area contributed by atoms with Crippen molar-refractivity contribution in [3.8, 4) is 12.3 Å². The van der Waals surface area contributed by atoms with Gasteiger partial charge in [-0.25, -0.2) is 9.48 Å². The molecule has 116 valence electrons. The molecule has 1 aromatic rings. The van der Waals surface area contributed by atoms with E-state index >= 15 is 0 Å². The Morgan fingerprint density at radius 3 is 2.77 bits per heavy atom. The fraction of sp³-hybridized carbons (Fsp3) is 0.500. The number of nitrogens with one attached hydrogen (secondary N) is 1. The summed E-state index contributed by atoms with van der Waals surface area (Å²) in [7, 11) is 0. The van der Waals surface area contributed by atoms with Gasteiger partial charge in [0.05, 0.1) is 5.69 Å². The molecule has 0 radical (unpaired) electrons. The Bertz CT molecular complexity index is 650. The van der Waals surface area contributed by atoms with Gasteiger partial charge in [0, 0.05) is 25.8 Å². The summed E-state index contributed by atoms with van der Waals surface area (Å²) >= 11 is 0. The number of hydrogen-bond acceptors (Lipinski definition) is 5. The smallest absolute Gasteiger partial charge is 0.354 e. The number of rotatable bonds is 8. The van der Waals surface area contributed by atoms with Crippen molar-refractivity contribution in [1.82, 2.24) is 15.1 Å². The Morgan fingerprint density at radius 2 is 2.18 bits per heavy atom. The maximum atomic E-state index is 11.9. The molecule has 0 aliphatic carbocycles. The minimum Gasteiger partial charge on any atom is -0.477 e. The molecule has 1 aromatic heterocycles. The van der Waals surface area contributed by atoms with Crippen molar-refractivity contribution in [3.63, 3.8) is 0 Å². The average Bonchev–Trinajstić information content (AvgIpc) is 3.12. The number of aryl methyl sites for hydroxylation is 1. The van der Waals surface area contributed by atoms with E-state index in [4.69, 9.17) is 11.5 Å². The minimum absolute atomic E-state index is 0.00895. The van der Waals surface area contributed by atoms with E-state index in [0.717, 1.165) is 0 Å². The first kappa shape index (κ1) is 15.7. The number of nitrogens with zero attached hydrogens (tertiary/aromatic N) is 4. The molecule has 2 rings (SSSR count). The second-order valence-electron chi connectivity index (χ2n) is 5.12. The summed E-state index contributed by atoms with van der Waals surface area (Å²) in [6, 6.07) is 1.42. The molecule has 0 fully saturated rings. The predicted octanol–water partition coefficient (Wildman–Crippen LogP) is 0.972. The summed E-state index contributed by atoms with van der Waals surface area (Å²) in [5, 5.41) is 23.7. The van der Waals surface area contributed by atoms with Crippen molar-refractivity contribution in [2.45, 2.75) is 38.4 Å². The van der Waals surface area contributed by atoms with Crippen LogP contribution in [0.5, 0.6) is 0 Å². The predicted molar refractivity (Wildman–Crippen MR) is 77.2 cm³/mol. The molecular weight excluding hydrogens is 286 g/mol. The monoisotopic (exact) mass is 303 g/mol. The lowest BCUT2D eigenvalue weighted by Crippen LogP contribution is -2.32. The molecule has 2 heterocycles. The highest BCUT2D eigenvalue weighted by Gasteiger charge is 2.38. The van der Waals surface area contributed by atoms with Crippen LogP contribution in [0.2, 0.25) is 0 Å². The lowest BCUT2D eigenvalue weighted by Gasteiger charge is -2.10. The van der Waals surface area contributed by atoms with Crippen LogP contribution in [0.25, 0.3) is 0 Å². The number of terminal acetylenes is 1. The molecule has 0 atom stereocenters. The van der Waals surface area contributed by atoms with E-state index in [1.807, 2.05) is 0 Å². The highest BCUT2D eigenvalue weighted by atomic mass is 16.4. The van der Waals surface area contributed by atoms with Gasteiger partial charge in [0.15, 0.2) is 5.66 Å². The second-order valence-corrected chi connectivity index (χ2v) is 5.12. The van der Waals surface area contributed by atoms with Crippen molar-refractivity contribution < 1.29 is 14.7 Å². The van der Waals surface area contributed by atoms with E-state index in [2.05, 4.69) is 26.6 Å². The summed E-state index contributed by atoms with van der Waals surface area (Å²) in [4.78, 5) is 22.9. The van der Waals surface area contributed by atoms with Crippen LogP contribution >= 0.6 is 0 Å². The Morgan fingerprint density at radius 1 is 1.45 bits per heavy atom. The lowest BCUT2D eigenvalue weighted by atomic mass is 10.0. The first-order chi connectivity index (χ1) is 10.5. The maximum absolute atomic E-state index is 11.9. The maximum Gasteiger partial charge on any atom is 0.354 e. The third-order valence-corrected chi connectivity index (χ3v) is 3.31. The van der Waals surface area contributed by atoms with Gasteiger partial charge in [0.2, 0.25) is 5.91 Å². The van der Waals surface area contributed by atoms with Gasteiger partial charge in [-0.05, 0) is 13.0 Å². The van der Waals surface area contributed by atoms with Gasteiger partial charge in [-0.1, -0.05) is 0 Å². The summed E-state index contributed by atoms with van der Waals surface area (Å²) in [5.74, 6) is 1.12. The van der Waals surface area contributed by atoms with E-state index < -0.39 is 11.6 Å². The van der Waals surface area contributed by atoms with E-state index in [0.29, 0.717) is 31.5 Å². The molecule has 0 aromatic carbocycles. The lowest BCUT2D eigenvalue weighted by molar-refractivity contribution is -0.121. The first-order valence-corrected chi connectivity index (χ1v) is 6.88. The van der Waals surface area contributed by atoms with Crippen molar-refractivity contribution in [2.24, 2.45) is 10.2 Å². The van der Waals surface area contributed by atoms with Crippen molar-refractivity contribution >= 4 is 11.9 Å². The molecule has 0 bridgehead atoms. The van der Waals surface area contributed by atoms with Crippen LogP contribution in [-0.4, -0.2) is 39.0 Å². The van der Waals surface area contributed by atoms with Crippen LogP contribution in [-0.2, 0) is 11.3 Å². The van der Waals surface area contributed by atoms with Gasteiger partial charge in [-0.2, -0.15) is 15.3 Å². The van der Waals surface area contributed by atoms with Crippen LogP contribution in [0, 0.1) is 19.3 Å². The molecule has 22 heavy (non-hydrogen) atoms. The molecule has 1 aliphatic rings. The number of carbonyl (C=O) groups excluding carboxylic acids is 1. The van der Waals surface area contributed by atoms with Crippen molar-refractivity contribution in [2.75, 3.05) is 6.54 Å². The number of carbonyl (C=O) groups is 2. The Kier molecular flexibility index (Phi) is 4.56. The summed E-state index contributed by atoms with van der Waals surface area (Å²) in [6.07, 6.45) is 7.07. The molecule has 2 N–H and O–H groups in total. The van der Waals surface area contributed by atoms with Gasteiger partial charge >= 0.3 is 5.97 Å². The quantitative estimate of drug-likeness (QED) is 0.697. The standard InChI is InChI=1S/C14H17N5O3/c1-3-4-5-14(17-18-14)6-7-15-12(20)9-19-11(13(21)22)8-10(2)16-19/h1,8H,4-7,9H2,2H3,(H,15,20)(H,21,22). The summed E-state index contributed by atoms with van der Waals surface area (Å²) in [6.45, 7) is 1.94. The molecule has 0 unspecified atom stereocenters. The van der Waals surface area contributed by atoms with E-state index in [1.165, 1.54) is 10.7 Å². The zero-order chi connectivity index (χ0) is 16.2. The molecule has 8 nitrogen and oxygen atoms in total. The third-order valence-electron chi connectivity index (χ3n) is 3.31. The molecule has 0 saturated heterocycles. The zero-order valence-electron chi connectivity index (χ0n) is 12.2. The highest BCUT2D eigenvalue weighted by Crippen LogP contribution is 2.35. The normalized spacial score (nSPS) is 14.4. The number of amides is 1. The van der Waals surface area contributed by atoms with Gasteiger partial charge in [-0.3, -0.25) is 4.79 Å². The first-order valence-electron chi connectivity index (χ1n) is 6.88. The number of hydrogen-bond donors (Lipinski definition) is 2. The van der Waals surface area contributed by atoms with Crippen LogP contribution in [0.15, 0.2) is 16.3 Å².